The average Bonchev–Trinajstić information content (AvgIpc) is 2.46. The second-order valence-electron chi connectivity index (χ2n) is 6.28. The number of benzene rings is 1. The van der Waals surface area contributed by atoms with Gasteiger partial charge in [0, 0.05) is 29.6 Å². The van der Waals surface area contributed by atoms with Crippen molar-refractivity contribution in [1.29, 1.82) is 0 Å². The monoisotopic (exact) mass is 284 g/mol. The summed E-state index contributed by atoms with van der Waals surface area (Å²) in [6.07, 6.45) is 3.55. The van der Waals surface area contributed by atoms with Gasteiger partial charge in [0.05, 0.1) is 5.60 Å². The zero-order valence-corrected chi connectivity index (χ0v) is 13.5. The first kappa shape index (κ1) is 15.7. The Bertz CT molecular complexity index is 597. The molecule has 0 unspecified atom stereocenters. The molecular weight excluding hydrogens is 260 g/mol. The van der Waals surface area contributed by atoms with Crippen LogP contribution in [0, 0.1) is 0 Å². The summed E-state index contributed by atoms with van der Waals surface area (Å²) in [6.45, 7) is 5.73. The molecule has 0 aliphatic rings. The van der Waals surface area contributed by atoms with Crippen LogP contribution < -0.4 is 0 Å². The fourth-order valence-electron chi connectivity index (χ4n) is 2.18. The standard InChI is InChI=1S/C18H24N2O/c1-13(20(4)5)14-6-8-15(9-7-14)16-10-17(12-19-11-16)18(2,3)21/h6-13,21H,1-5H3/t13-/m0/s1. The smallest absolute Gasteiger partial charge is 0.0855 e. The molecule has 112 valence electrons. The van der Waals surface area contributed by atoms with E-state index in [0.717, 1.165) is 16.7 Å². The van der Waals surface area contributed by atoms with E-state index in [1.165, 1.54) is 5.56 Å². The van der Waals surface area contributed by atoms with Crippen LogP contribution in [0.15, 0.2) is 42.7 Å². The van der Waals surface area contributed by atoms with Gasteiger partial charge in [0.25, 0.3) is 0 Å². The van der Waals surface area contributed by atoms with Crippen molar-refractivity contribution < 1.29 is 5.11 Å². The highest BCUT2D eigenvalue weighted by atomic mass is 16.3. The molecule has 3 heteroatoms. The fourth-order valence-corrected chi connectivity index (χ4v) is 2.18. The van der Waals surface area contributed by atoms with Crippen LogP contribution in [0.2, 0.25) is 0 Å². The number of aromatic nitrogens is 1. The van der Waals surface area contributed by atoms with Crippen molar-refractivity contribution in [3.63, 3.8) is 0 Å². The lowest BCUT2D eigenvalue weighted by Gasteiger charge is -2.20. The van der Waals surface area contributed by atoms with Crippen molar-refractivity contribution in [2.75, 3.05) is 14.1 Å². The highest BCUT2D eigenvalue weighted by Gasteiger charge is 2.17. The summed E-state index contributed by atoms with van der Waals surface area (Å²) in [4.78, 5) is 6.43. The van der Waals surface area contributed by atoms with Gasteiger partial charge < -0.3 is 10.0 Å². The lowest BCUT2D eigenvalue weighted by atomic mass is 9.96. The van der Waals surface area contributed by atoms with E-state index in [9.17, 15) is 5.11 Å². The lowest BCUT2D eigenvalue weighted by Crippen LogP contribution is -2.16. The van der Waals surface area contributed by atoms with E-state index < -0.39 is 5.60 Å². The zero-order chi connectivity index (χ0) is 15.6. The molecule has 1 aromatic heterocycles. The SMILES string of the molecule is C[C@@H](c1ccc(-c2cncc(C(C)(C)O)c2)cc1)N(C)C. The van der Waals surface area contributed by atoms with E-state index in [0.29, 0.717) is 6.04 Å². The van der Waals surface area contributed by atoms with Gasteiger partial charge >= 0.3 is 0 Å². The molecule has 2 aromatic rings. The van der Waals surface area contributed by atoms with E-state index in [4.69, 9.17) is 0 Å². The molecule has 2 rings (SSSR count). The molecule has 1 N–H and O–H groups in total. The maximum atomic E-state index is 10.1. The number of pyridine rings is 1. The van der Waals surface area contributed by atoms with E-state index >= 15 is 0 Å². The van der Waals surface area contributed by atoms with Gasteiger partial charge in [-0.15, -0.1) is 0 Å². The molecule has 0 saturated carbocycles. The van der Waals surface area contributed by atoms with Crippen LogP contribution in [0.5, 0.6) is 0 Å². The number of hydrogen-bond acceptors (Lipinski definition) is 3. The van der Waals surface area contributed by atoms with Gasteiger partial charge in [-0.3, -0.25) is 4.98 Å². The predicted molar refractivity (Wildman–Crippen MR) is 87.0 cm³/mol. The normalized spacial score (nSPS) is 13.5. The minimum Gasteiger partial charge on any atom is -0.386 e. The third-order valence-electron chi connectivity index (χ3n) is 3.95. The molecule has 0 saturated heterocycles. The average molecular weight is 284 g/mol. The Morgan fingerprint density at radius 2 is 1.67 bits per heavy atom. The second-order valence-corrected chi connectivity index (χ2v) is 6.28. The molecule has 0 radical (unpaired) electrons. The van der Waals surface area contributed by atoms with Gasteiger partial charge in [-0.2, -0.15) is 0 Å². The van der Waals surface area contributed by atoms with E-state index in [1.807, 2.05) is 12.3 Å². The molecule has 0 bridgehead atoms. The number of rotatable bonds is 4. The van der Waals surface area contributed by atoms with Gasteiger partial charge in [0.15, 0.2) is 0 Å². The minimum absolute atomic E-state index is 0.389. The summed E-state index contributed by atoms with van der Waals surface area (Å²) in [5.74, 6) is 0. The molecule has 0 amide bonds. The van der Waals surface area contributed by atoms with Crippen molar-refractivity contribution >= 4 is 0 Å². The quantitative estimate of drug-likeness (QED) is 0.932. The molecular formula is C18H24N2O. The third-order valence-corrected chi connectivity index (χ3v) is 3.95. The molecule has 1 atom stereocenters. The topological polar surface area (TPSA) is 36.4 Å². The first-order valence-corrected chi connectivity index (χ1v) is 7.23. The van der Waals surface area contributed by atoms with E-state index in [1.54, 1.807) is 20.0 Å². The first-order chi connectivity index (χ1) is 9.79. The Balaban J connectivity index is 2.31. The van der Waals surface area contributed by atoms with E-state index in [2.05, 4.69) is 55.2 Å². The summed E-state index contributed by atoms with van der Waals surface area (Å²) >= 11 is 0. The molecule has 0 aliphatic heterocycles. The van der Waals surface area contributed by atoms with E-state index in [-0.39, 0.29) is 0 Å². The number of hydrogen-bond donors (Lipinski definition) is 1. The lowest BCUT2D eigenvalue weighted by molar-refractivity contribution is 0.0783. The molecule has 0 fully saturated rings. The molecule has 3 nitrogen and oxygen atoms in total. The van der Waals surface area contributed by atoms with Gasteiger partial charge in [0.1, 0.15) is 0 Å². The van der Waals surface area contributed by atoms with Crippen LogP contribution in [-0.4, -0.2) is 29.1 Å². The number of nitrogens with zero attached hydrogens (tertiary/aromatic N) is 2. The molecule has 0 aliphatic carbocycles. The third kappa shape index (κ3) is 3.69. The van der Waals surface area contributed by atoms with Crippen LogP contribution >= 0.6 is 0 Å². The van der Waals surface area contributed by atoms with Crippen molar-refractivity contribution in [2.45, 2.75) is 32.4 Å². The Morgan fingerprint density at radius 3 is 2.19 bits per heavy atom. The zero-order valence-electron chi connectivity index (χ0n) is 13.5. The minimum atomic E-state index is -0.873. The molecule has 0 spiro atoms. The van der Waals surface area contributed by atoms with Gasteiger partial charge in [0.2, 0.25) is 0 Å². The highest BCUT2D eigenvalue weighted by molar-refractivity contribution is 5.63. The Morgan fingerprint density at radius 1 is 1.05 bits per heavy atom. The van der Waals surface area contributed by atoms with Crippen LogP contribution in [0.3, 0.4) is 0 Å². The van der Waals surface area contributed by atoms with Crippen LogP contribution in [0.1, 0.15) is 37.9 Å². The van der Waals surface area contributed by atoms with Crippen molar-refractivity contribution in [2.24, 2.45) is 0 Å². The summed E-state index contributed by atoms with van der Waals surface area (Å²) in [5, 5.41) is 10.1. The Labute approximate surface area is 127 Å². The van der Waals surface area contributed by atoms with Crippen LogP contribution in [-0.2, 0) is 5.60 Å². The number of aliphatic hydroxyl groups is 1. The van der Waals surface area contributed by atoms with Gasteiger partial charge in [-0.1, -0.05) is 24.3 Å². The van der Waals surface area contributed by atoms with Crippen LogP contribution in [0.4, 0.5) is 0 Å². The highest BCUT2D eigenvalue weighted by Crippen LogP contribution is 2.26. The van der Waals surface area contributed by atoms with Crippen molar-refractivity contribution in [3.8, 4) is 11.1 Å². The van der Waals surface area contributed by atoms with Crippen molar-refractivity contribution in [3.05, 3.63) is 53.9 Å². The van der Waals surface area contributed by atoms with Gasteiger partial charge in [-0.05, 0) is 52.1 Å². The molecule has 1 heterocycles. The summed E-state index contributed by atoms with van der Waals surface area (Å²) in [5.41, 5.74) is 3.38. The Hall–Kier alpha value is -1.71. The van der Waals surface area contributed by atoms with Crippen LogP contribution in [0.25, 0.3) is 11.1 Å². The Kier molecular flexibility index (Phi) is 4.45. The summed E-state index contributed by atoms with van der Waals surface area (Å²) in [7, 11) is 4.16. The van der Waals surface area contributed by atoms with Crippen molar-refractivity contribution in [1.82, 2.24) is 9.88 Å². The van der Waals surface area contributed by atoms with Gasteiger partial charge in [-0.25, -0.2) is 0 Å². The summed E-state index contributed by atoms with van der Waals surface area (Å²) < 4.78 is 0. The largest absolute Gasteiger partial charge is 0.386 e. The molecule has 21 heavy (non-hydrogen) atoms. The maximum absolute atomic E-state index is 10.1. The maximum Gasteiger partial charge on any atom is 0.0855 e. The first-order valence-electron chi connectivity index (χ1n) is 7.23. The summed E-state index contributed by atoms with van der Waals surface area (Å²) in [6, 6.07) is 10.9. The fraction of sp³-hybridized carbons (Fsp3) is 0.389. The predicted octanol–water partition coefficient (Wildman–Crippen LogP) is 3.60. The second kappa shape index (κ2) is 5.96. The molecule has 1 aromatic carbocycles.